The third-order valence-corrected chi connectivity index (χ3v) is 4.86. The lowest BCUT2D eigenvalue weighted by Gasteiger charge is -2.26. The molecule has 0 amide bonds. The summed E-state index contributed by atoms with van der Waals surface area (Å²) < 4.78 is 7.63. The first-order chi connectivity index (χ1) is 11.8. The van der Waals surface area contributed by atoms with E-state index in [1.54, 1.807) is 7.11 Å². The van der Waals surface area contributed by atoms with Crippen molar-refractivity contribution in [3.63, 3.8) is 0 Å². The van der Waals surface area contributed by atoms with Gasteiger partial charge in [-0.2, -0.15) is 0 Å². The van der Waals surface area contributed by atoms with Gasteiger partial charge in [0.05, 0.1) is 12.6 Å². The SMILES string of the molecule is COc1ccc2c(CCCN3CCNCC3)cn(CCCO)c2c1. The molecule has 2 heterocycles. The highest BCUT2D eigenvalue weighted by molar-refractivity contribution is 5.85. The van der Waals surface area contributed by atoms with Gasteiger partial charge in [-0.3, -0.25) is 0 Å². The summed E-state index contributed by atoms with van der Waals surface area (Å²) in [6.45, 7) is 6.78. The number of methoxy groups -OCH3 is 1. The van der Waals surface area contributed by atoms with Crippen LogP contribution in [-0.4, -0.2) is 61.0 Å². The Morgan fingerprint density at radius 3 is 2.75 bits per heavy atom. The average Bonchev–Trinajstić information content (AvgIpc) is 2.98. The van der Waals surface area contributed by atoms with Gasteiger partial charge in [-0.15, -0.1) is 0 Å². The smallest absolute Gasteiger partial charge is 0.120 e. The summed E-state index contributed by atoms with van der Waals surface area (Å²) in [7, 11) is 1.70. The van der Waals surface area contributed by atoms with Crippen LogP contribution in [-0.2, 0) is 13.0 Å². The van der Waals surface area contributed by atoms with Gasteiger partial charge in [-0.1, -0.05) is 0 Å². The number of fused-ring (bicyclic) bond motifs is 1. The zero-order chi connectivity index (χ0) is 16.8. The quantitative estimate of drug-likeness (QED) is 0.775. The highest BCUT2D eigenvalue weighted by Gasteiger charge is 2.12. The molecule has 0 radical (unpaired) electrons. The fourth-order valence-corrected chi connectivity index (χ4v) is 3.53. The zero-order valence-corrected chi connectivity index (χ0v) is 14.6. The third-order valence-electron chi connectivity index (χ3n) is 4.86. The molecule has 24 heavy (non-hydrogen) atoms. The first-order valence-electron chi connectivity index (χ1n) is 9.01. The fraction of sp³-hybridized carbons (Fsp3) is 0.579. The first-order valence-corrected chi connectivity index (χ1v) is 9.01. The van der Waals surface area contributed by atoms with E-state index in [1.807, 2.05) is 6.07 Å². The predicted molar refractivity (Wildman–Crippen MR) is 97.8 cm³/mol. The summed E-state index contributed by atoms with van der Waals surface area (Å²) in [4.78, 5) is 2.55. The first kappa shape index (κ1) is 17.3. The van der Waals surface area contributed by atoms with E-state index in [1.165, 1.54) is 29.4 Å². The van der Waals surface area contributed by atoms with Gasteiger partial charge in [0.15, 0.2) is 0 Å². The number of benzene rings is 1. The molecule has 5 heteroatoms. The minimum absolute atomic E-state index is 0.224. The molecule has 1 aromatic carbocycles. The summed E-state index contributed by atoms with van der Waals surface area (Å²) in [5, 5.41) is 13.9. The minimum Gasteiger partial charge on any atom is -0.497 e. The molecular formula is C19H29N3O2. The number of hydrogen-bond donors (Lipinski definition) is 2. The Balaban J connectivity index is 1.71. The molecule has 1 aliphatic rings. The van der Waals surface area contributed by atoms with Crippen LogP contribution in [0.2, 0.25) is 0 Å². The average molecular weight is 331 g/mol. The van der Waals surface area contributed by atoms with Crippen molar-refractivity contribution in [2.75, 3.05) is 46.4 Å². The number of piperazine rings is 1. The van der Waals surface area contributed by atoms with Crippen LogP contribution in [0.1, 0.15) is 18.4 Å². The Hall–Kier alpha value is -1.56. The molecule has 1 aliphatic heterocycles. The van der Waals surface area contributed by atoms with Gasteiger partial charge in [0.25, 0.3) is 0 Å². The van der Waals surface area contributed by atoms with Crippen molar-refractivity contribution in [3.05, 3.63) is 30.0 Å². The number of nitrogens with one attached hydrogen (secondary N) is 1. The Labute approximate surface area is 144 Å². The fourth-order valence-electron chi connectivity index (χ4n) is 3.53. The topological polar surface area (TPSA) is 49.7 Å². The monoisotopic (exact) mass is 331 g/mol. The Morgan fingerprint density at radius 2 is 2.00 bits per heavy atom. The molecule has 1 saturated heterocycles. The van der Waals surface area contributed by atoms with E-state index in [9.17, 15) is 0 Å². The van der Waals surface area contributed by atoms with Crippen LogP contribution in [0.5, 0.6) is 5.75 Å². The maximum atomic E-state index is 9.14. The number of nitrogens with zero attached hydrogens (tertiary/aromatic N) is 2. The summed E-state index contributed by atoms with van der Waals surface area (Å²) in [5.74, 6) is 0.887. The number of aliphatic hydroxyl groups is 1. The van der Waals surface area contributed by atoms with Gasteiger partial charge in [0, 0.05) is 57.0 Å². The van der Waals surface area contributed by atoms with Crippen molar-refractivity contribution in [2.45, 2.75) is 25.8 Å². The lowest BCUT2D eigenvalue weighted by Crippen LogP contribution is -2.43. The molecule has 1 fully saturated rings. The largest absolute Gasteiger partial charge is 0.497 e. The second-order valence-corrected chi connectivity index (χ2v) is 6.50. The lowest BCUT2D eigenvalue weighted by atomic mass is 10.1. The molecule has 2 N–H and O–H groups in total. The van der Waals surface area contributed by atoms with Crippen molar-refractivity contribution >= 4 is 10.9 Å². The van der Waals surface area contributed by atoms with E-state index in [4.69, 9.17) is 9.84 Å². The summed E-state index contributed by atoms with van der Waals surface area (Å²) in [5.41, 5.74) is 2.61. The maximum Gasteiger partial charge on any atom is 0.120 e. The van der Waals surface area contributed by atoms with Crippen molar-refractivity contribution in [2.24, 2.45) is 0 Å². The van der Waals surface area contributed by atoms with Crippen LogP contribution in [0.3, 0.4) is 0 Å². The Kier molecular flexibility index (Phi) is 6.12. The second-order valence-electron chi connectivity index (χ2n) is 6.50. The molecule has 0 aliphatic carbocycles. The van der Waals surface area contributed by atoms with Gasteiger partial charge in [-0.05, 0) is 43.5 Å². The third kappa shape index (κ3) is 4.09. The van der Waals surface area contributed by atoms with Crippen LogP contribution in [0.25, 0.3) is 10.9 Å². The molecule has 0 atom stereocenters. The number of aromatic nitrogens is 1. The number of ether oxygens (including phenoxy) is 1. The standard InChI is InChI=1S/C19H29N3O2/c1-24-17-5-6-18-16(4-2-9-21-11-7-20-8-12-21)15-22(10-3-13-23)19(18)14-17/h5-6,14-15,20,23H,2-4,7-13H2,1H3. The highest BCUT2D eigenvalue weighted by Crippen LogP contribution is 2.27. The Morgan fingerprint density at radius 1 is 1.17 bits per heavy atom. The highest BCUT2D eigenvalue weighted by atomic mass is 16.5. The van der Waals surface area contributed by atoms with E-state index in [2.05, 4.69) is 33.1 Å². The Bertz CT molecular complexity index is 647. The van der Waals surface area contributed by atoms with Gasteiger partial charge < -0.3 is 24.6 Å². The van der Waals surface area contributed by atoms with Crippen LogP contribution in [0.15, 0.2) is 24.4 Å². The molecule has 1 aromatic heterocycles. The predicted octanol–water partition coefficient (Wildman–Crippen LogP) is 1.87. The second kappa shape index (κ2) is 8.51. The number of aryl methyl sites for hydroxylation is 2. The normalized spacial score (nSPS) is 15.9. The van der Waals surface area contributed by atoms with Gasteiger partial charge in [0.1, 0.15) is 5.75 Å². The molecule has 0 bridgehead atoms. The van der Waals surface area contributed by atoms with E-state index >= 15 is 0 Å². The molecule has 0 spiro atoms. The molecule has 3 rings (SSSR count). The number of aliphatic hydroxyl groups excluding tert-OH is 1. The van der Waals surface area contributed by atoms with Crippen molar-refractivity contribution in [3.8, 4) is 5.75 Å². The molecule has 0 unspecified atom stereocenters. The van der Waals surface area contributed by atoms with E-state index in [-0.39, 0.29) is 6.61 Å². The van der Waals surface area contributed by atoms with Crippen molar-refractivity contribution in [1.29, 1.82) is 0 Å². The van der Waals surface area contributed by atoms with Crippen LogP contribution < -0.4 is 10.1 Å². The van der Waals surface area contributed by atoms with Crippen LogP contribution in [0, 0.1) is 0 Å². The molecule has 2 aromatic rings. The number of rotatable bonds is 8. The molecule has 0 saturated carbocycles. The summed E-state index contributed by atoms with van der Waals surface area (Å²) in [6.07, 6.45) is 5.32. The summed E-state index contributed by atoms with van der Waals surface area (Å²) >= 11 is 0. The van der Waals surface area contributed by atoms with Crippen molar-refractivity contribution < 1.29 is 9.84 Å². The van der Waals surface area contributed by atoms with Gasteiger partial charge in [-0.25, -0.2) is 0 Å². The van der Waals surface area contributed by atoms with E-state index < -0.39 is 0 Å². The maximum absolute atomic E-state index is 9.14. The van der Waals surface area contributed by atoms with E-state index in [0.29, 0.717) is 0 Å². The molecule has 132 valence electrons. The van der Waals surface area contributed by atoms with E-state index in [0.717, 1.165) is 51.3 Å². The minimum atomic E-state index is 0.224. The number of hydrogen-bond acceptors (Lipinski definition) is 4. The van der Waals surface area contributed by atoms with Crippen LogP contribution in [0.4, 0.5) is 0 Å². The summed E-state index contributed by atoms with van der Waals surface area (Å²) in [6, 6.07) is 6.31. The molecular weight excluding hydrogens is 302 g/mol. The zero-order valence-electron chi connectivity index (χ0n) is 14.6. The molecule has 5 nitrogen and oxygen atoms in total. The van der Waals surface area contributed by atoms with Gasteiger partial charge >= 0.3 is 0 Å². The van der Waals surface area contributed by atoms with Crippen LogP contribution >= 0.6 is 0 Å². The van der Waals surface area contributed by atoms with Crippen molar-refractivity contribution in [1.82, 2.24) is 14.8 Å². The van der Waals surface area contributed by atoms with Gasteiger partial charge in [0.2, 0.25) is 0 Å². The lowest BCUT2D eigenvalue weighted by molar-refractivity contribution is 0.238.